The minimum atomic E-state index is 1.04. The fourth-order valence-electron chi connectivity index (χ4n) is 4.30. The number of hydrogen-bond donors (Lipinski definition) is 0. The largest absolute Gasteiger partial charge is 0.295 e. The minimum Gasteiger partial charge on any atom is -0.295 e. The van der Waals surface area contributed by atoms with Crippen LogP contribution in [0.4, 0.5) is 0 Å². The molecular weight excluding hydrogens is 386 g/mol. The minimum absolute atomic E-state index is 1.04. The second-order valence-electron chi connectivity index (χ2n) is 9.27. The summed E-state index contributed by atoms with van der Waals surface area (Å²) < 4.78 is 0. The molecule has 2 rings (SSSR count). The Morgan fingerprint density at radius 2 is 0.969 bits per heavy atom. The number of hydrogen-bond acceptors (Lipinski definition) is 1. The molecule has 2 aromatic rings. The highest BCUT2D eigenvalue weighted by atomic mass is 15.1. The molecule has 0 radical (unpaired) electrons. The lowest BCUT2D eigenvalue weighted by molar-refractivity contribution is 0.250. The number of allylic oxidation sites excluding steroid dienone is 2. The highest BCUT2D eigenvalue weighted by molar-refractivity contribution is 5.17. The van der Waals surface area contributed by atoms with Gasteiger partial charge in [-0.1, -0.05) is 131 Å². The van der Waals surface area contributed by atoms with E-state index in [0.717, 1.165) is 13.1 Å². The normalized spacial score (nSPS) is 11.6. The summed E-state index contributed by atoms with van der Waals surface area (Å²) in [5, 5.41) is 0. The van der Waals surface area contributed by atoms with Gasteiger partial charge in [-0.25, -0.2) is 0 Å². The topological polar surface area (TPSA) is 3.24 Å². The van der Waals surface area contributed by atoms with Gasteiger partial charge >= 0.3 is 0 Å². The van der Waals surface area contributed by atoms with Gasteiger partial charge in [-0.05, 0) is 49.8 Å². The van der Waals surface area contributed by atoms with Gasteiger partial charge in [0, 0.05) is 13.1 Å². The predicted molar refractivity (Wildman–Crippen MR) is 142 cm³/mol. The molecule has 0 aromatic heterocycles. The molecule has 0 atom stereocenters. The molecule has 0 bridgehead atoms. The highest BCUT2D eigenvalue weighted by Gasteiger charge is 2.07. The molecule has 0 aliphatic carbocycles. The Balaban J connectivity index is 1.54. The third-order valence-corrected chi connectivity index (χ3v) is 6.23. The maximum atomic E-state index is 2.60. The summed E-state index contributed by atoms with van der Waals surface area (Å²) in [5.41, 5.74) is 2.82. The van der Waals surface area contributed by atoms with Gasteiger partial charge in [-0.15, -0.1) is 0 Å². The molecule has 0 heterocycles. The first-order chi connectivity index (χ1) is 15.9. The van der Waals surface area contributed by atoms with Crippen molar-refractivity contribution in [3.63, 3.8) is 0 Å². The molecule has 0 aliphatic heterocycles. The van der Waals surface area contributed by atoms with Crippen molar-refractivity contribution in [2.24, 2.45) is 0 Å². The van der Waals surface area contributed by atoms with Crippen LogP contribution in [0.1, 0.15) is 102 Å². The number of rotatable bonds is 19. The van der Waals surface area contributed by atoms with Crippen molar-refractivity contribution in [2.45, 2.75) is 103 Å². The van der Waals surface area contributed by atoms with Crippen LogP contribution in [0, 0.1) is 0 Å². The predicted octanol–water partition coefficient (Wildman–Crippen LogP) is 9.34. The van der Waals surface area contributed by atoms with Gasteiger partial charge in [0.15, 0.2) is 0 Å². The van der Waals surface area contributed by atoms with Crippen molar-refractivity contribution >= 4 is 0 Å². The zero-order valence-corrected chi connectivity index (χ0v) is 20.7. The van der Waals surface area contributed by atoms with E-state index in [-0.39, 0.29) is 0 Å². The first kappa shape index (κ1) is 26.4. The van der Waals surface area contributed by atoms with Crippen LogP contribution in [0.3, 0.4) is 0 Å². The molecule has 32 heavy (non-hydrogen) atoms. The monoisotopic (exact) mass is 433 g/mol. The lowest BCUT2D eigenvalue weighted by atomic mass is 10.1. The van der Waals surface area contributed by atoms with Gasteiger partial charge in [0.2, 0.25) is 0 Å². The van der Waals surface area contributed by atoms with E-state index in [0.29, 0.717) is 0 Å². The Hall–Kier alpha value is -1.86. The second kappa shape index (κ2) is 18.7. The van der Waals surface area contributed by atoms with Gasteiger partial charge in [0.05, 0.1) is 0 Å². The van der Waals surface area contributed by atoms with Crippen LogP contribution in [-0.4, -0.2) is 11.4 Å². The summed E-state index contributed by atoms with van der Waals surface area (Å²) in [7, 11) is 0. The van der Waals surface area contributed by atoms with Crippen molar-refractivity contribution in [3.8, 4) is 0 Å². The van der Waals surface area contributed by atoms with Gasteiger partial charge < -0.3 is 0 Å². The Morgan fingerprint density at radius 3 is 1.47 bits per heavy atom. The van der Waals surface area contributed by atoms with E-state index in [2.05, 4.69) is 84.6 Å². The SMILES string of the molecule is CCCCCCCCCC/C=C/CCCCCN(Cc1ccccc1)Cc1ccccc1. The Kier molecular flexibility index (Phi) is 15.4. The molecule has 0 saturated carbocycles. The van der Waals surface area contributed by atoms with E-state index in [4.69, 9.17) is 0 Å². The van der Waals surface area contributed by atoms with Crippen molar-refractivity contribution in [3.05, 3.63) is 83.9 Å². The van der Waals surface area contributed by atoms with Crippen LogP contribution in [0.25, 0.3) is 0 Å². The summed E-state index contributed by atoms with van der Waals surface area (Å²) in [6, 6.07) is 21.8. The van der Waals surface area contributed by atoms with Crippen molar-refractivity contribution in [1.82, 2.24) is 4.90 Å². The van der Waals surface area contributed by atoms with Crippen molar-refractivity contribution in [2.75, 3.05) is 6.54 Å². The van der Waals surface area contributed by atoms with E-state index < -0.39 is 0 Å². The summed E-state index contributed by atoms with van der Waals surface area (Å²) in [5.74, 6) is 0. The lowest BCUT2D eigenvalue weighted by Gasteiger charge is -2.22. The summed E-state index contributed by atoms with van der Waals surface area (Å²) in [4.78, 5) is 2.60. The highest BCUT2D eigenvalue weighted by Crippen LogP contribution is 2.13. The van der Waals surface area contributed by atoms with Gasteiger partial charge in [0.1, 0.15) is 0 Å². The molecule has 0 fully saturated rings. The quantitative estimate of drug-likeness (QED) is 0.157. The van der Waals surface area contributed by atoms with Crippen LogP contribution in [0.15, 0.2) is 72.8 Å². The number of nitrogens with zero attached hydrogens (tertiary/aromatic N) is 1. The smallest absolute Gasteiger partial charge is 0.0237 e. The van der Waals surface area contributed by atoms with E-state index in [1.165, 1.54) is 101 Å². The molecule has 0 aliphatic rings. The Labute approximate surface area is 198 Å². The molecule has 2 aromatic carbocycles. The summed E-state index contributed by atoms with van der Waals surface area (Å²) >= 11 is 0. The third kappa shape index (κ3) is 13.5. The van der Waals surface area contributed by atoms with E-state index >= 15 is 0 Å². The zero-order chi connectivity index (χ0) is 22.5. The molecule has 0 N–H and O–H groups in total. The molecular formula is C31H47N. The van der Waals surface area contributed by atoms with E-state index in [1.54, 1.807) is 0 Å². The van der Waals surface area contributed by atoms with E-state index in [1.807, 2.05) is 0 Å². The first-order valence-electron chi connectivity index (χ1n) is 13.3. The summed E-state index contributed by atoms with van der Waals surface area (Å²) in [6.07, 6.45) is 22.6. The van der Waals surface area contributed by atoms with Gasteiger partial charge in [-0.2, -0.15) is 0 Å². The Bertz CT molecular complexity index is 635. The zero-order valence-electron chi connectivity index (χ0n) is 20.7. The Morgan fingerprint density at radius 1 is 0.531 bits per heavy atom. The maximum absolute atomic E-state index is 2.60. The fourth-order valence-corrected chi connectivity index (χ4v) is 4.30. The van der Waals surface area contributed by atoms with Crippen LogP contribution >= 0.6 is 0 Å². The average Bonchev–Trinajstić information content (AvgIpc) is 2.83. The molecule has 0 saturated heterocycles. The van der Waals surface area contributed by atoms with E-state index in [9.17, 15) is 0 Å². The maximum Gasteiger partial charge on any atom is 0.0237 e. The molecule has 1 nitrogen and oxygen atoms in total. The van der Waals surface area contributed by atoms with Crippen LogP contribution < -0.4 is 0 Å². The van der Waals surface area contributed by atoms with Crippen LogP contribution in [0.2, 0.25) is 0 Å². The van der Waals surface area contributed by atoms with Crippen LogP contribution in [0.5, 0.6) is 0 Å². The molecule has 176 valence electrons. The second-order valence-corrected chi connectivity index (χ2v) is 9.27. The van der Waals surface area contributed by atoms with Gasteiger partial charge in [0.25, 0.3) is 0 Å². The third-order valence-electron chi connectivity index (χ3n) is 6.23. The standard InChI is InChI=1S/C31H47N/c1-2-3-4-5-6-7-8-9-10-11-12-13-14-15-22-27-32(28-30-23-18-16-19-24-30)29-31-25-20-17-21-26-31/h11-12,16-21,23-26H,2-10,13-15,22,27-29H2,1H3/b12-11+. The van der Waals surface area contributed by atoms with Crippen molar-refractivity contribution < 1.29 is 0 Å². The first-order valence-corrected chi connectivity index (χ1v) is 13.3. The fraction of sp³-hybridized carbons (Fsp3) is 0.548. The number of unbranched alkanes of at least 4 members (excludes halogenated alkanes) is 11. The average molecular weight is 434 g/mol. The lowest BCUT2D eigenvalue weighted by Crippen LogP contribution is -2.24. The number of benzene rings is 2. The molecule has 0 spiro atoms. The molecule has 1 heteroatoms. The van der Waals surface area contributed by atoms with Crippen molar-refractivity contribution in [1.29, 1.82) is 0 Å². The van der Waals surface area contributed by atoms with Gasteiger partial charge in [-0.3, -0.25) is 4.90 Å². The molecule has 0 unspecified atom stereocenters. The summed E-state index contributed by atoms with van der Waals surface area (Å²) in [6.45, 7) is 5.54. The van der Waals surface area contributed by atoms with Crippen LogP contribution in [-0.2, 0) is 13.1 Å². The molecule has 0 amide bonds.